The molecule has 0 fully saturated rings. The van der Waals surface area contributed by atoms with Crippen LogP contribution in [-0.4, -0.2) is 9.85 Å². The van der Waals surface area contributed by atoms with Gasteiger partial charge in [-0.2, -0.15) is 0 Å². The van der Waals surface area contributed by atoms with Crippen molar-refractivity contribution in [3.05, 3.63) is 67.8 Å². The van der Waals surface area contributed by atoms with Crippen LogP contribution in [0.4, 0.5) is 11.4 Å². The van der Waals surface area contributed by atoms with Crippen molar-refractivity contribution in [2.24, 2.45) is 0 Å². The molecule has 14 heteroatoms. The van der Waals surface area contributed by atoms with Crippen LogP contribution in [0.1, 0.15) is 11.1 Å². The predicted octanol–water partition coefficient (Wildman–Crippen LogP) is 7.96. The first-order chi connectivity index (χ1) is 12.8. The van der Waals surface area contributed by atoms with Crippen LogP contribution in [0.5, 0.6) is 0 Å². The van der Waals surface area contributed by atoms with Crippen molar-refractivity contribution in [3.8, 4) is 0 Å². The van der Waals surface area contributed by atoms with Crippen molar-refractivity contribution in [1.82, 2.24) is 0 Å². The SMILES string of the molecule is O=[N+]([O-])c1ccc(SSc2ccc([N+](=O)[O-])cc2C(Cl)(Cl)Cl)c(C(Cl)(Cl)Cl)c1. The molecule has 0 heterocycles. The Morgan fingerprint density at radius 2 is 1.00 bits per heavy atom. The van der Waals surface area contributed by atoms with Gasteiger partial charge >= 0.3 is 0 Å². The summed E-state index contributed by atoms with van der Waals surface area (Å²) >= 11 is 35.6. The number of nitrogens with zero attached hydrogens (tertiary/aromatic N) is 2. The molecule has 0 aromatic heterocycles. The maximum Gasteiger partial charge on any atom is 0.269 e. The molecule has 0 spiro atoms. The van der Waals surface area contributed by atoms with E-state index in [2.05, 4.69) is 0 Å². The molecule has 0 aliphatic heterocycles. The van der Waals surface area contributed by atoms with E-state index in [1.54, 1.807) is 0 Å². The Labute approximate surface area is 196 Å². The van der Waals surface area contributed by atoms with Gasteiger partial charge in [0.2, 0.25) is 7.59 Å². The Bertz CT molecular complexity index is 858. The Hall–Kier alpha value is -0.320. The maximum absolute atomic E-state index is 11.0. The number of benzene rings is 2. The summed E-state index contributed by atoms with van der Waals surface area (Å²) in [6.07, 6.45) is 0. The van der Waals surface area contributed by atoms with Crippen molar-refractivity contribution >= 4 is 103 Å². The van der Waals surface area contributed by atoms with E-state index in [0.717, 1.165) is 33.7 Å². The van der Waals surface area contributed by atoms with Gasteiger partial charge in [0.1, 0.15) is 0 Å². The molecule has 0 saturated heterocycles. The maximum atomic E-state index is 11.0. The quantitative estimate of drug-likeness (QED) is 0.165. The summed E-state index contributed by atoms with van der Waals surface area (Å²) in [5.41, 5.74) is -0.288. The highest BCUT2D eigenvalue weighted by Gasteiger charge is 2.31. The van der Waals surface area contributed by atoms with E-state index >= 15 is 0 Å². The number of hydrogen-bond donors (Lipinski definition) is 0. The minimum Gasteiger partial charge on any atom is -0.258 e. The van der Waals surface area contributed by atoms with Crippen LogP contribution >= 0.6 is 91.2 Å². The molecule has 0 saturated carbocycles. The molecule has 6 nitrogen and oxygen atoms in total. The van der Waals surface area contributed by atoms with E-state index in [4.69, 9.17) is 69.6 Å². The molecule has 2 rings (SSSR count). The lowest BCUT2D eigenvalue weighted by molar-refractivity contribution is -0.385. The van der Waals surface area contributed by atoms with E-state index in [0.29, 0.717) is 9.79 Å². The van der Waals surface area contributed by atoms with E-state index in [1.165, 1.54) is 24.3 Å². The predicted molar refractivity (Wildman–Crippen MR) is 116 cm³/mol. The van der Waals surface area contributed by atoms with Crippen LogP contribution in [0.3, 0.4) is 0 Å². The summed E-state index contributed by atoms with van der Waals surface area (Å²) in [4.78, 5) is 21.6. The number of nitro groups is 2. The average molecular weight is 543 g/mol. The molecule has 28 heavy (non-hydrogen) atoms. The fourth-order valence-electron chi connectivity index (χ4n) is 1.94. The number of alkyl halides is 6. The second kappa shape index (κ2) is 9.22. The highest BCUT2D eigenvalue weighted by molar-refractivity contribution is 8.76. The lowest BCUT2D eigenvalue weighted by Crippen LogP contribution is -2.04. The molecule has 0 bridgehead atoms. The van der Waals surface area contributed by atoms with Crippen LogP contribution in [-0.2, 0) is 7.59 Å². The largest absolute Gasteiger partial charge is 0.269 e. The molecule has 0 aliphatic carbocycles. The van der Waals surface area contributed by atoms with Gasteiger partial charge in [-0.05, 0) is 12.1 Å². The van der Waals surface area contributed by atoms with Crippen molar-refractivity contribution < 1.29 is 9.85 Å². The zero-order chi connectivity index (χ0) is 21.3. The Morgan fingerprint density at radius 3 is 1.25 bits per heavy atom. The van der Waals surface area contributed by atoms with Crippen molar-refractivity contribution in [2.75, 3.05) is 0 Å². The zero-order valence-electron chi connectivity index (χ0n) is 13.1. The fourth-order valence-corrected chi connectivity index (χ4v) is 5.66. The normalized spacial score (nSPS) is 12.1. The minimum atomic E-state index is -1.91. The van der Waals surface area contributed by atoms with Gasteiger partial charge in [-0.25, -0.2) is 0 Å². The van der Waals surface area contributed by atoms with Gasteiger partial charge in [0.15, 0.2) is 0 Å². The topological polar surface area (TPSA) is 86.3 Å². The van der Waals surface area contributed by atoms with Crippen LogP contribution in [0.2, 0.25) is 0 Å². The van der Waals surface area contributed by atoms with Gasteiger partial charge < -0.3 is 0 Å². The molecule has 0 atom stereocenters. The van der Waals surface area contributed by atoms with Gasteiger partial charge in [0.05, 0.1) is 9.85 Å². The molecule has 0 N–H and O–H groups in total. The monoisotopic (exact) mass is 540 g/mol. The van der Waals surface area contributed by atoms with E-state index < -0.39 is 17.4 Å². The molecule has 0 unspecified atom stereocenters. The first-order valence-corrected chi connectivity index (χ1v) is 11.3. The average Bonchev–Trinajstić information content (AvgIpc) is 2.57. The number of nitro benzene ring substituents is 2. The lowest BCUT2D eigenvalue weighted by Gasteiger charge is -2.18. The van der Waals surface area contributed by atoms with Crippen molar-refractivity contribution in [2.45, 2.75) is 17.4 Å². The minimum absolute atomic E-state index is 0.0987. The first-order valence-electron chi connectivity index (χ1n) is 6.86. The molecule has 0 amide bonds. The third-order valence-electron chi connectivity index (χ3n) is 3.18. The van der Waals surface area contributed by atoms with Gasteiger partial charge in [0.25, 0.3) is 11.4 Å². The lowest BCUT2D eigenvalue weighted by atomic mass is 10.2. The van der Waals surface area contributed by atoms with Crippen molar-refractivity contribution in [3.63, 3.8) is 0 Å². The molecule has 0 radical (unpaired) electrons. The summed E-state index contributed by atoms with van der Waals surface area (Å²) in [5.74, 6) is 0. The fraction of sp³-hybridized carbons (Fsp3) is 0.143. The summed E-state index contributed by atoms with van der Waals surface area (Å²) in [6.45, 7) is 0. The van der Waals surface area contributed by atoms with Gasteiger partial charge in [-0.3, -0.25) is 20.2 Å². The van der Waals surface area contributed by atoms with Crippen LogP contribution in [0.15, 0.2) is 46.2 Å². The highest BCUT2D eigenvalue weighted by atomic mass is 35.6. The zero-order valence-corrected chi connectivity index (χ0v) is 19.2. The van der Waals surface area contributed by atoms with E-state index in [9.17, 15) is 20.2 Å². The van der Waals surface area contributed by atoms with Crippen molar-refractivity contribution in [1.29, 1.82) is 0 Å². The third-order valence-corrected chi connectivity index (χ3v) is 6.88. The molecular formula is C14H6Cl6N2O4S2. The van der Waals surface area contributed by atoms with E-state index in [-0.39, 0.29) is 22.5 Å². The summed E-state index contributed by atoms with van der Waals surface area (Å²) in [7, 11) is 2.17. The molecule has 2 aromatic carbocycles. The number of halogens is 6. The standard InChI is InChI=1S/C14H6Cl6N2O4S2/c15-13(16,17)9-5-7(21(23)24)1-3-11(9)27-28-12-4-2-8(22(25)26)6-10(12)14(18,19)20/h1-6H. The van der Waals surface area contributed by atoms with Gasteiger partial charge in [0, 0.05) is 45.2 Å². The second-order valence-electron chi connectivity index (χ2n) is 5.04. The van der Waals surface area contributed by atoms with Gasteiger partial charge in [-0.15, -0.1) is 0 Å². The summed E-state index contributed by atoms with van der Waals surface area (Å²) in [5, 5.41) is 22.0. The van der Waals surface area contributed by atoms with E-state index in [1.807, 2.05) is 0 Å². The van der Waals surface area contributed by atoms with Crippen LogP contribution in [0, 0.1) is 20.2 Å². The summed E-state index contributed by atoms with van der Waals surface area (Å²) < 4.78 is -3.83. The smallest absolute Gasteiger partial charge is 0.258 e. The number of rotatable bonds is 5. The number of non-ortho nitro benzene ring substituents is 2. The third kappa shape index (κ3) is 6.09. The van der Waals surface area contributed by atoms with Crippen LogP contribution < -0.4 is 0 Å². The van der Waals surface area contributed by atoms with Crippen LogP contribution in [0.25, 0.3) is 0 Å². The molecular weight excluding hydrogens is 537 g/mol. The second-order valence-corrected chi connectivity index (χ2v) is 11.8. The number of hydrogen-bond acceptors (Lipinski definition) is 6. The first kappa shape index (κ1) is 24.0. The Balaban J connectivity index is 2.41. The Morgan fingerprint density at radius 1 is 0.679 bits per heavy atom. The highest BCUT2D eigenvalue weighted by Crippen LogP contribution is 2.51. The molecule has 2 aromatic rings. The Kier molecular flexibility index (Phi) is 7.89. The van der Waals surface area contributed by atoms with Gasteiger partial charge in [-0.1, -0.05) is 91.2 Å². The molecule has 0 aliphatic rings. The molecule has 150 valence electrons. The summed E-state index contributed by atoms with van der Waals surface area (Å²) in [6, 6.07) is 7.67.